The number of aromatic nitrogens is 1. The average molecular weight is 354 g/mol. The van der Waals surface area contributed by atoms with Gasteiger partial charge in [0.2, 0.25) is 5.88 Å². The van der Waals surface area contributed by atoms with E-state index in [0.29, 0.717) is 4.57 Å². The van der Waals surface area contributed by atoms with Crippen molar-refractivity contribution in [2.75, 3.05) is 7.11 Å². The molecule has 0 aliphatic carbocycles. The molecule has 1 heterocycles. The highest BCUT2D eigenvalue weighted by Gasteiger charge is 2.22. The van der Waals surface area contributed by atoms with Gasteiger partial charge in [-0.15, -0.1) is 0 Å². The van der Waals surface area contributed by atoms with E-state index in [1.54, 1.807) is 0 Å². The van der Waals surface area contributed by atoms with E-state index in [4.69, 9.17) is 15.0 Å². The minimum atomic E-state index is -4.56. The second kappa shape index (κ2) is 5.98. The number of nitrogens with zero attached hydrogens (tertiary/aromatic N) is 1. The fourth-order valence-electron chi connectivity index (χ4n) is 2.26. The molecule has 0 spiro atoms. The molecule has 0 radical (unpaired) electrons. The Morgan fingerprint density at radius 3 is 2.42 bits per heavy atom. The molecule has 0 bridgehead atoms. The molecule has 2 rings (SSSR count). The molecular formula is C14H14N2O7S. The maximum atomic E-state index is 12.2. The number of aryl methyl sites for hydroxylation is 1. The van der Waals surface area contributed by atoms with Crippen LogP contribution in [-0.2, 0) is 10.1 Å². The van der Waals surface area contributed by atoms with Crippen molar-refractivity contribution in [2.24, 2.45) is 5.73 Å². The van der Waals surface area contributed by atoms with Gasteiger partial charge in [0.25, 0.3) is 21.6 Å². The normalized spacial score (nSPS) is 11.3. The Bertz CT molecular complexity index is 993. The van der Waals surface area contributed by atoms with Gasteiger partial charge in [-0.2, -0.15) is 8.42 Å². The summed E-state index contributed by atoms with van der Waals surface area (Å²) in [7, 11) is -3.30. The van der Waals surface area contributed by atoms with Crippen LogP contribution in [-0.4, -0.2) is 35.7 Å². The zero-order chi connectivity index (χ0) is 18.2. The maximum absolute atomic E-state index is 12.2. The summed E-state index contributed by atoms with van der Waals surface area (Å²) in [5, 5.41) is 10.3. The fourth-order valence-corrected chi connectivity index (χ4v) is 2.76. The predicted octanol–water partition coefficient (Wildman–Crippen LogP) is 0.206. The van der Waals surface area contributed by atoms with E-state index in [1.807, 2.05) is 0 Å². The molecule has 9 nitrogen and oxygen atoms in total. The van der Waals surface area contributed by atoms with Crippen molar-refractivity contribution in [3.63, 3.8) is 0 Å². The predicted molar refractivity (Wildman–Crippen MR) is 83.3 cm³/mol. The smallest absolute Gasteiger partial charge is 0.294 e. The summed E-state index contributed by atoms with van der Waals surface area (Å²) < 4.78 is 37.5. The van der Waals surface area contributed by atoms with Crippen LogP contribution in [0.1, 0.15) is 15.9 Å². The van der Waals surface area contributed by atoms with E-state index in [-0.39, 0.29) is 22.6 Å². The number of aromatic hydroxyl groups is 1. The molecule has 0 saturated carbocycles. The van der Waals surface area contributed by atoms with E-state index in [1.165, 1.54) is 20.1 Å². The highest BCUT2D eigenvalue weighted by molar-refractivity contribution is 7.85. The van der Waals surface area contributed by atoms with Gasteiger partial charge < -0.3 is 15.6 Å². The lowest BCUT2D eigenvalue weighted by molar-refractivity contribution is 0.0996. The number of nitrogens with two attached hydrogens (primary N) is 1. The number of benzene rings is 1. The molecule has 4 N–H and O–H groups in total. The third kappa shape index (κ3) is 2.96. The molecule has 128 valence electrons. The highest BCUT2D eigenvalue weighted by atomic mass is 32.2. The first-order chi connectivity index (χ1) is 11.1. The minimum absolute atomic E-state index is 0.0269. The summed E-state index contributed by atoms with van der Waals surface area (Å²) in [6.07, 6.45) is 0. The second-order valence-corrected chi connectivity index (χ2v) is 6.29. The SMILES string of the molecule is COc1ccc(S(=O)(=O)O)cc1-n1c(O)c(C(N)=O)c(C)cc1=O. The molecule has 1 aromatic carbocycles. The van der Waals surface area contributed by atoms with Gasteiger partial charge >= 0.3 is 0 Å². The van der Waals surface area contributed by atoms with Crippen LogP contribution in [0.15, 0.2) is 34.0 Å². The molecule has 0 atom stereocenters. The Kier molecular flexibility index (Phi) is 4.36. The lowest BCUT2D eigenvalue weighted by atomic mass is 10.1. The Morgan fingerprint density at radius 1 is 1.29 bits per heavy atom. The van der Waals surface area contributed by atoms with Crippen molar-refractivity contribution in [1.29, 1.82) is 0 Å². The van der Waals surface area contributed by atoms with Crippen LogP contribution in [0.2, 0.25) is 0 Å². The highest BCUT2D eigenvalue weighted by Crippen LogP contribution is 2.30. The number of carbonyl (C=O) groups is 1. The van der Waals surface area contributed by atoms with Gasteiger partial charge in [-0.25, -0.2) is 4.57 Å². The number of primary amides is 1. The Labute approximate surface area is 136 Å². The number of hydrogen-bond donors (Lipinski definition) is 3. The van der Waals surface area contributed by atoms with Gasteiger partial charge in [0, 0.05) is 6.07 Å². The van der Waals surface area contributed by atoms with Gasteiger partial charge in [-0.3, -0.25) is 14.1 Å². The number of pyridine rings is 1. The van der Waals surface area contributed by atoms with Crippen molar-refractivity contribution in [3.8, 4) is 17.3 Å². The first-order valence-electron chi connectivity index (χ1n) is 6.49. The first-order valence-corrected chi connectivity index (χ1v) is 7.93. The van der Waals surface area contributed by atoms with E-state index in [9.17, 15) is 23.1 Å². The van der Waals surface area contributed by atoms with Crippen LogP contribution in [0.4, 0.5) is 0 Å². The molecule has 0 saturated heterocycles. The third-order valence-corrected chi connectivity index (χ3v) is 4.18. The van der Waals surface area contributed by atoms with Crippen LogP contribution in [0, 0.1) is 6.92 Å². The fraction of sp³-hybridized carbons (Fsp3) is 0.143. The standard InChI is InChI=1S/C14H14N2O7S/c1-7-5-11(17)16(14(19)12(7)13(15)18)9-6-8(24(20,21)22)3-4-10(9)23-2/h3-6,19H,1-2H3,(H2,15,18)(H,20,21,22). The number of ether oxygens (including phenoxy) is 1. The molecular weight excluding hydrogens is 340 g/mol. The Morgan fingerprint density at radius 2 is 1.92 bits per heavy atom. The summed E-state index contributed by atoms with van der Waals surface area (Å²) in [6.45, 7) is 1.41. The lowest BCUT2D eigenvalue weighted by Crippen LogP contribution is -2.24. The number of rotatable bonds is 4. The molecule has 1 amide bonds. The minimum Gasteiger partial charge on any atom is -0.495 e. The molecule has 2 aromatic rings. The summed E-state index contributed by atoms with van der Waals surface area (Å²) in [6, 6.07) is 4.23. The van der Waals surface area contributed by atoms with Crippen molar-refractivity contribution in [1.82, 2.24) is 4.57 Å². The number of amides is 1. The van der Waals surface area contributed by atoms with E-state index in [0.717, 1.165) is 18.2 Å². The maximum Gasteiger partial charge on any atom is 0.294 e. The number of carbonyl (C=O) groups excluding carboxylic acids is 1. The average Bonchev–Trinajstić information content (AvgIpc) is 2.45. The van der Waals surface area contributed by atoms with Gasteiger partial charge in [0.1, 0.15) is 11.3 Å². The Hall–Kier alpha value is -2.85. The van der Waals surface area contributed by atoms with Gasteiger partial charge in [-0.05, 0) is 30.7 Å². The molecule has 1 aromatic heterocycles. The molecule has 0 aliphatic rings. The summed E-state index contributed by atoms with van der Waals surface area (Å²) >= 11 is 0. The van der Waals surface area contributed by atoms with Crippen molar-refractivity contribution in [2.45, 2.75) is 11.8 Å². The second-order valence-electron chi connectivity index (χ2n) is 4.87. The van der Waals surface area contributed by atoms with Crippen molar-refractivity contribution in [3.05, 3.63) is 45.7 Å². The van der Waals surface area contributed by atoms with E-state index >= 15 is 0 Å². The molecule has 10 heteroatoms. The lowest BCUT2D eigenvalue weighted by Gasteiger charge is -2.16. The molecule has 0 unspecified atom stereocenters. The zero-order valence-corrected chi connectivity index (χ0v) is 13.5. The summed E-state index contributed by atoms with van der Waals surface area (Å²) in [5.41, 5.74) is 4.13. The first kappa shape index (κ1) is 17.5. The van der Waals surface area contributed by atoms with E-state index < -0.39 is 32.4 Å². The molecule has 24 heavy (non-hydrogen) atoms. The van der Waals surface area contributed by atoms with Gasteiger partial charge in [-0.1, -0.05) is 0 Å². The van der Waals surface area contributed by atoms with Crippen LogP contribution in [0.25, 0.3) is 5.69 Å². The zero-order valence-electron chi connectivity index (χ0n) is 12.7. The third-order valence-electron chi connectivity index (χ3n) is 3.33. The summed E-state index contributed by atoms with van der Waals surface area (Å²) in [5.74, 6) is -1.71. The number of hydrogen-bond acceptors (Lipinski definition) is 6. The van der Waals surface area contributed by atoms with Gasteiger partial charge in [0.15, 0.2) is 0 Å². The monoisotopic (exact) mass is 354 g/mol. The quantitative estimate of drug-likeness (QED) is 0.664. The van der Waals surface area contributed by atoms with E-state index in [2.05, 4.69) is 0 Å². The van der Waals surface area contributed by atoms with Crippen molar-refractivity contribution < 1.29 is 27.6 Å². The molecule has 0 aliphatic heterocycles. The summed E-state index contributed by atoms with van der Waals surface area (Å²) in [4.78, 5) is 23.2. The Balaban J connectivity index is 2.93. The topological polar surface area (TPSA) is 149 Å². The van der Waals surface area contributed by atoms with Crippen LogP contribution < -0.4 is 16.0 Å². The number of methoxy groups -OCH3 is 1. The largest absolute Gasteiger partial charge is 0.495 e. The van der Waals surface area contributed by atoms with Crippen molar-refractivity contribution >= 4 is 16.0 Å². The van der Waals surface area contributed by atoms with Crippen LogP contribution in [0.5, 0.6) is 11.6 Å². The van der Waals surface area contributed by atoms with Crippen LogP contribution in [0.3, 0.4) is 0 Å². The van der Waals surface area contributed by atoms with Gasteiger partial charge in [0.05, 0.1) is 17.7 Å². The molecule has 0 fully saturated rings. The van der Waals surface area contributed by atoms with Crippen LogP contribution >= 0.6 is 0 Å².